The summed E-state index contributed by atoms with van der Waals surface area (Å²) < 4.78 is 6.36. The number of nitrogens with zero attached hydrogens (tertiary/aromatic N) is 6. The summed E-state index contributed by atoms with van der Waals surface area (Å²) in [5, 5.41) is 0.821. The van der Waals surface area contributed by atoms with Gasteiger partial charge in [0.05, 0.1) is 5.39 Å². The number of aromatic nitrogens is 6. The minimum atomic E-state index is 0.509. The second-order valence-electron chi connectivity index (χ2n) is 13.2. The van der Waals surface area contributed by atoms with E-state index < -0.39 is 0 Å². The molecule has 0 aliphatic carbocycles. The quantitative estimate of drug-likeness (QED) is 0.163. The first-order valence-electron chi connectivity index (χ1n) is 18.0. The minimum absolute atomic E-state index is 0.509. The average molecular weight is 707 g/mol. The first kappa shape index (κ1) is 32.0. The number of furan rings is 1. The van der Waals surface area contributed by atoms with Crippen molar-refractivity contribution in [1.29, 1.82) is 0 Å². The molecule has 258 valence electrons. The third kappa shape index (κ3) is 6.19. The van der Waals surface area contributed by atoms with Crippen LogP contribution in [0.2, 0.25) is 0 Å². The Kier molecular flexibility index (Phi) is 8.00. The van der Waals surface area contributed by atoms with Gasteiger partial charge in [0.2, 0.25) is 5.71 Å². The fourth-order valence-electron chi connectivity index (χ4n) is 6.80. The lowest BCUT2D eigenvalue weighted by molar-refractivity contribution is 0.653. The molecule has 7 nitrogen and oxygen atoms in total. The summed E-state index contributed by atoms with van der Waals surface area (Å²) in [7, 11) is 0. The lowest BCUT2D eigenvalue weighted by Crippen LogP contribution is -2.00. The van der Waals surface area contributed by atoms with Crippen LogP contribution in [0.25, 0.3) is 101 Å². The SMILES string of the molecule is c1ccc(-c2ccc(-c3nc(-c4ccccc4)nc(-c4ccc(-c5cnc6oc7c(-c8ccccc8)nc(-c8ccccc8)nc7c6c5)cc4)n3)cc2)cc1. The summed E-state index contributed by atoms with van der Waals surface area (Å²) >= 11 is 0. The van der Waals surface area contributed by atoms with Crippen molar-refractivity contribution in [3.63, 3.8) is 0 Å². The highest BCUT2D eigenvalue weighted by molar-refractivity contribution is 6.07. The van der Waals surface area contributed by atoms with Crippen LogP contribution in [0.5, 0.6) is 0 Å². The fraction of sp³-hybridized carbons (Fsp3) is 0. The van der Waals surface area contributed by atoms with Gasteiger partial charge in [-0.1, -0.05) is 170 Å². The zero-order valence-corrected chi connectivity index (χ0v) is 29.4. The monoisotopic (exact) mass is 706 g/mol. The molecule has 4 heterocycles. The Morgan fingerprint density at radius 1 is 0.327 bits per heavy atom. The second kappa shape index (κ2) is 13.7. The smallest absolute Gasteiger partial charge is 0.229 e. The summed E-state index contributed by atoms with van der Waals surface area (Å²) in [6.07, 6.45) is 1.83. The van der Waals surface area contributed by atoms with Gasteiger partial charge in [0, 0.05) is 39.6 Å². The Hall–Kier alpha value is -7.64. The van der Waals surface area contributed by atoms with E-state index in [0.29, 0.717) is 34.6 Å². The van der Waals surface area contributed by atoms with E-state index in [1.165, 1.54) is 0 Å². The third-order valence-electron chi connectivity index (χ3n) is 9.64. The number of hydrogen-bond donors (Lipinski definition) is 0. The summed E-state index contributed by atoms with van der Waals surface area (Å²) in [5.41, 5.74) is 11.4. The van der Waals surface area contributed by atoms with Crippen LogP contribution in [0.1, 0.15) is 0 Å². The summed E-state index contributed by atoms with van der Waals surface area (Å²) in [4.78, 5) is 29.6. The third-order valence-corrected chi connectivity index (χ3v) is 9.64. The van der Waals surface area contributed by atoms with Crippen molar-refractivity contribution in [3.05, 3.63) is 182 Å². The molecule has 0 bridgehead atoms. The van der Waals surface area contributed by atoms with Gasteiger partial charge in [-0.25, -0.2) is 29.9 Å². The molecule has 0 fully saturated rings. The lowest BCUT2D eigenvalue weighted by atomic mass is 10.0. The topological polar surface area (TPSA) is 90.5 Å². The molecule has 0 N–H and O–H groups in total. The molecule has 0 radical (unpaired) electrons. The first-order valence-corrected chi connectivity index (χ1v) is 18.0. The first-order chi connectivity index (χ1) is 27.2. The molecule has 0 saturated heterocycles. The van der Waals surface area contributed by atoms with E-state index in [4.69, 9.17) is 34.3 Å². The van der Waals surface area contributed by atoms with Crippen molar-refractivity contribution in [2.24, 2.45) is 0 Å². The van der Waals surface area contributed by atoms with Gasteiger partial charge in [0.25, 0.3) is 0 Å². The van der Waals surface area contributed by atoms with Gasteiger partial charge in [-0.15, -0.1) is 0 Å². The van der Waals surface area contributed by atoms with Gasteiger partial charge in [0.1, 0.15) is 11.2 Å². The highest BCUT2D eigenvalue weighted by Gasteiger charge is 2.20. The maximum atomic E-state index is 6.36. The minimum Gasteiger partial charge on any atom is -0.434 e. The predicted octanol–water partition coefficient (Wildman–Crippen LogP) is 11.6. The molecule has 6 aromatic carbocycles. The van der Waals surface area contributed by atoms with E-state index in [0.717, 1.165) is 66.7 Å². The Labute approximate surface area is 316 Å². The van der Waals surface area contributed by atoms with Crippen LogP contribution < -0.4 is 0 Å². The van der Waals surface area contributed by atoms with Crippen molar-refractivity contribution >= 4 is 22.2 Å². The van der Waals surface area contributed by atoms with Gasteiger partial charge < -0.3 is 4.42 Å². The molecule has 0 amide bonds. The van der Waals surface area contributed by atoms with Crippen LogP contribution in [-0.4, -0.2) is 29.9 Å². The Morgan fingerprint density at radius 3 is 1.22 bits per heavy atom. The molecule has 0 saturated carbocycles. The normalized spacial score (nSPS) is 11.3. The molecule has 0 aliphatic heterocycles. The molecular formula is C48H30N6O. The Morgan fingerprint density at radius 2 is 0.709 bits per heavy atom. The van der Waals surface area contributed by atoms with E-state index in [2.05, 4.69) is 54.6 Å². The van der Waals surface area contributed by atoms with Crippen molar-refractivity contribution in [2.75, 3.05) is 0 Å². The number of rotatable bonds is 7. The van der Waals surface area contributed by atoms with Crippen LogP contribution in [0.15, 0.2) is 187 Å². The molecule has 4 aromatic heterocycles. The predicted molar refractivity (Wildman–Crippen MR) is 219 cm³/mol. The largest absolute Gasteiger partial charge is 0.434 e. The van der Waals surface area contributed by atoms with E-state index in [-0.39, 0.29) is 0 Å². The van der Waals surface area contributed by atoms with E-state index >= 15 is 0 Å². The molecule has 0 spiro atoms. The highest BCUT2D eigenvalue weighted by atomic mass is 16.3. The van der Waals surface area contributed by atoms with Crippen molar-refractivity contribution in [2.45, 2.75) is 0 Å². The van der Waals surface area contributed by atoms with Gasteiger partial charge in [-0.3, -0.25) is 0 Å². The molecule has 55 heavy (non-hydrogen) atoms. The number of pyridine rings is 1. The average Bonchev–Trinajstić information content (AvgIpc) is 3.65. The van der Waals surface area contributed by atoms with Crippen LogP contribution >= 0.6 is 0 Å². The van der Waals surface area contributed by atoms with E-state index in [9.17, 15) is 0 Å². The van der Waals surface area contributed by atoms with Crippen molar-refractivity contribution in [3.8, 4) is 79.1 Å². The Balaban J connectivity index is 1.04. The van der Waals surface area contributed by atoms with Crippen LogP contribution in [0.3, 0.4) is 0 Å². The second-order valence-corrected chi connectivity index (χ2v) is 13.2. The summed E-state index contributed by atoms with van der Waals surface area (Å²) in [6, 6.07) is 59.1. The zero-order chi connectivity index (χ0) is 36.6. The number of fused-ring (bicyclic) bond motifs is 3. The van der Waals surface area contributed by atoms with Crippen molar-refractivity contribution < 1.29 is 4.42 Å². The molecule has 0 atom stereocenters. The van der Waals surface area contributed by atoms with Crippen LogP contribution in [-0.2, 0) is 0 Å². The van der Waals surface area contributed by atoms with Gasteiger partial charge >= 0.3 is 0 Å². The molecule has 0 unspecified atom stereocenters. The standard InChI is InChI=1S/C48H30N6O/c1-5-13-31(14-6-1)32-21-25-37(26-22-32)46-52-45(36-19-11-4-12-20-36)53-47(54-46)38-27-23-33(24-28-38)39-29-40-42-43(55-48(40)49-30-39)41(34-15-7-2-8-16-34)50-44(51-42)35-17-9-3-10-18-35/h1-30H. The fourth-order valence-corrected chi connectivity index (χ4v) is 6.80. The highest BCUT2D eigenvalue weighted by Crippen LogP contribution is 2.37. The van der Waals surface area contributed by atoms with Crippen LogP contribution in [0.4, 0.5) is 0 Å². The van der Waals surface area contributed by atoms with Gasteiger partial charge in [-0.05, 0) is 22.8 Å². The maximum absolute atomic E-state index is 6.36. The zero-order valence-electron chi connectivity index (χ0n) is 29.4. The maximum Gasteiger partial charge on any atom is 0.229 e. The molecular weight excluding hydrogens is 677 g/mol. The molecule has 7 heteroatoms. The van der Waals surface area contributed by atoms with E-state index in [1.54, 1.807) is 0 Å². The lowest BCUT2D eigenvalue weighted by Gasteiger charge is -2.10. The summed E-state index contributed by atoms with van der Waals surface area (Å²) in [5.74, 6) is 2.45. The summed E-state index contributed by atoms with van der Waals surface area (Å²) in [6.45, 7) is 0. The molecule has 0 aliphatic rings. The van der Waals surface area contributed by atoms with Crippen LogP contribution in [0, 0.1) is 0 Å². The van der Waals surface area contributed by atoms with Gasteiger partial charge in [-0.2, -0.15) is 0 Å². The van der Waals surface area contributed by atoms with E-state index in [1.807, 2.05) is 128 Å². The number of benzene rings is 6. The number of hydrogen-bond acceptors (Lipinski definition) is 7. The Bertz CT molecular complexity index is 2930. The van der Waals surface area contributed by atoms with Gasteiger partial charge in [0.15, 0.2) is 28.9 Å². The molecule has 10 rings (SSSR count). The molecule has 10 aromatic rings. The van der Waals surface area contributed by atoms with Crippen molar-refractivity contribution in [1.82, 2.24) is 29.9 Å².